The van der Waals surface area contributed by atoms with Crippen LogP contribution in [-0.4, -0.2) is 22.2 Å². The van der Waals surface area contributed by atoms with Crippen molar-refractivity contribution in [1.82, 2.24) is 0 Å². The van der Waals surface area contributed by atoms with Gasteiger partial charge < -0.3 is 10.2 Å². The van der Waals surface area contributed by atoms with Crippen LogP contribution in [0.25, 0.3) is 0 Å². The third-order valence-corrected chi connectivity index (χ3v) is 4.77. The van der Waals surface area contributed by atoms with Gasteiger partial charge in [0.25, 0.3) is 0 Å². The maximum Gasteiger partial charge on any atom is 0.336 e. The van der Waals surface area contributed by atoms with Crippen LogP contribution in [0.4, 0.5) is 0 Å². The summed E-state index contributed by atoms with van der Waals surface area (Å²) in [4.78, 5) is 22.9. The van der Waals surface area contributed by atoms with Crippen LogP contribution in [0.3, 0.4) is 0 Å². The van der Waals surface area contributed by atoms with Gasteiger partial charge in [-0.05, 0) is 29.0 Å². The zero-order chi connectivity index (χ0) is 14.0. The molecule has 0 spiro atoms. The summed E-state index contributed by atoms with van der Waals surface area (Å²) in [6, 6.07) is 3.21. The van der Waals surface area contributed by atoms with Gasteiger partial charge in [0.1, 0.15) is 0 Å². The lowest BCUT2D eigenvalue weighted by atomic mass is 9.87. The molecule has 0 aromatic heterocycles. The Morgan fingerprint density at radius 3 is 2.25 bits per heavy atom. The number of benzene rings is 1. The van der Waals surface area contributed by atoms with E-state index in [0.29, 0.717) is 17.4 Å². The van der Waals surface area contributed by atoms with Gasteiger partial charge in [-0.2, -0.15) is 0 Å². The summed E-state index contributed by atoms with van der Waals surface area (Å²) < 4.78 is 0. The number of carboxylic acid groups (broad SMARTS) is 2. The van der Waals surface area contributed by atoms with Crippen molar-refractivity contribution < 1.29 is 19.8 Å². The minimum atomic E-state index is -1.18. The molecule has 0 bridgehead atoms. The molecule has 4 atom stereocenters. The molecule has 0 amide bonds. The van der Waals surface area contributed by atoms with Gasteiger partial charge >= 0.3 is 11.9 Å². The number of carboxylic acids is 2. The van der Waals surface area contributed by atoms with Crippen molar-refractivity contribution in [2.75, 3.05) is 0 Å². The maximum atomic E-state index is 11.6. The molecule has 4 heteroatoms. The first-order valence-electron chi connectivity index (χ1n) is 6.59. The lowest BCUT2D eigenvalue weighted by molar-refractivity contribution is 0.0650. The number of aromatic carboxylic acids is 2. The molecule has 100 valence electrons. The molecule has 20 heavy (non-hydrogen) atoms. The first kappa shape index (κ1) is 11.5. The van der Waals surface area contributed by atoms with E-state index in [1.54, 1.807) is 6.07 Å². The summed E-state index contributed by atoms with van der Waals surface area (Å²) in [6.45, 7) is 0. The molecule has 2 N–H and O–H groups in total. The fourth-order valence-electron chi connectivity index (χ4n) is 4.07. The average molecular weight is 268 g/mol. The summed E-state index contributed by atoms with van der Waals surface area (Å²) in [7, 11) is 0. The Hall–Kier alpha value is -2.36. The summed E-state index contributed by atoms with van der Waals surface area (Å²) in [5.74, 6) is -1.40. The molecule has 0 aliphatic heterocycles. The number of hydrogen-bond acceptors (Lipinski definition) is 2. The van der Waals surface area contributed by atoms with Crippen molar-refractivity contribution in [3.63, 3.8) is 0 Å². The van der Waals surface area contributed by atoms with E-state index in [-0.39, 0.29) is 23.0 Å². The number of rotatable bonds is 2. The van der Waals surface area contributed by atoms with E-state index in [9.17, 15) is 19.8 Å². The Morgan fingerprint density at radius 1 is 0.900 bits per heavy atom. The fourth-order valence-corrected chi connectivity index (χ4v) is 4.07. The zero-order valence-electron chi connectivity index (χ0n) is 10.5. The Kier molecular flexibility index (Phi) is 2.06. The van der Waals surface area contributed by atoms with Gasteiger partial charge in [0, 0.05) is 11.8 Å². The van der Waals surface area contributed by atoms with Crippen molar-refractivity contribution in [3.05, 3.63) is 58.7 Å². The molecule has 0 saturated heterocycles. The van der Waals surface area contributed by atoms with Gasteiger partial charge in [-0.15, -0.1) is 0 Å². The van der Waals surface area contributed by atoms with E-state index in [0.717, 1.165) is 5.56 Å². The van der Waals surface area contributed by atoms with E-state index in [1.165, 1.54) is 6.07 Å². The van der Waals surface area contributed by atoms with Gasteiger partial charge in [-0.3, -0.25) is 0 Å². The first-order chi connectivity index (χ1) is 9.59. The smallest absolute Gasteiger partial charge is 0.336 e. The minimum absolute atomic E-state index is 0.0281. The quantitative estimate of drug-likeness (QED) is 0.808. The van der Waals surface area contributed by atoms with E-state index in [1.807, 2.05) is 6.08 Å². The van der Waals surface area contributed by atoms with Crippen molar-refractivity contribution >= 4 is 11.9 Å². The Morgan fingerprint density at radius 2 is 1.60 bits per heavy atom. The number of allylic oxidation sites excluding steroid dienone is 4. The van der Waals surface area contributed by atoms with Gasteiger partial charge in [0.2, 0.25) is 0 Å². The molecule has 0 saturated carbocycles. The topological polar surface area (TPSA) is 74.6 Å². The first-order valence-corrected chi connectivity index (χ1v) is 6.59. The largest absolute Gasteiger partial charge is 0.478 e. The standard InChI is InChI=1S/C16H12O4/c17-15(18)11-6-5-9-8-3-1-7-2-4-10(12(7)8)13(9)14(11)16(19)20/h1-8,10,12H,(H,17,18)(H,19,20)/t7-,8+,10-,12-/m0/s1. The molecular weight excluding hydrogens is 256 g/mol. The van der Waals surface area contributed by atoms with E-state index in [4.69, 9.17) is 0 Å². The lowest BCUT2D eigenvalue weighted by Gasteiger charge is -2.15. The van der Waals surface area contributed by atoms with Gasteiger partial charge in [0.05, 0.1) is 11.1 Å². The summed E-state index contributed by atoms with van der Waals surface area (Å²) in [6.07, 6.45) is 8.44. The predicted octanol–water partition coefficient (Wildman–Crippen LogP) is 2.64. The SMILES string of the molecule is O=C(O)c1ccc2c(c1C(=O)O)[C@H]1C=C[C@@H]3C=C[C@H]2[C@H]31. The second kappa shape index (κ2) is 3.60. The molecule has 0 radical (unpaired) electrons. The fraction of sp³-hybridized carbons (Fsp3) is 0.250. The second-order valence-electron chi connectivity index (χ2n) is 5.58. The van der Waals surface area contributed by atoms with E-state index in [2.05, 4.69) is 18.2 Å². The molecule has 1 aromatic rings. The minimum Gasteiger partial charge on any atom is -0.478 e. The summed E-state index contributed by atoms with van der Waals surface area (Å²) >= 11 is 0. The molecule has 3 aliphatic rings. The molecule has 3 aliphatic carbocycles. The van der Waals surface area contributed by atoms with Gasteiger partial charge in [-0.25, -0.2) is 9.59 Å². The summed E-state index contributed by atoms with van der Waals surface area (Å²) in [5, 5.41) is 18.7. The molecular formula is C16H12O4. The summed E-state index contributed by atoms with van der Waals surface area (Å²) in [5.41, 5.74) is 1.53. The van der Waals surface area contributed by atoms with Crippen LogP contribution in [0.2, 0.25) is 0 Å². The van der Waals surface area contributed by atoms with Crippen LogP contribution in [0, 0.1) is 11.8 Å². The monoisotopic (exact) mass is 268 g/mol. The maximum absolute atomic E-state index is 11.6. The highest BCUT2D eigenvalue weighted by Crippen LogP contribution is 2.59. The second-order valence-corrected chi connectivity index (χ2v) is 5.58. The predicted molar refractivity (Wildman–Crippen MR) is 71.1 cm³/mol. The molecule has 1 aromatic carbocycles. The normalized spacial score (nSPS) is 31.4. The Bertz CT molecular complexity index is 713. The van der Waals surface area contributed by atoms with Crippen molar-refractivity contribution in [1.29, 1.82) is 0 Å². The lowest BCUT2D eigenvalue weighted by Crippen LogP contribution is -2.13. The highest BCUT2D eigenvalue weighted by atomic mass is 16.4. The Balaban J connectivity index is 2.03. The highest BCUT2D eigenvalue weighted by molar-refractivity contribution is 6.03. The van der Waals surface area contributed by atoms with Crippen LogP contribution < -0.4 is 0 Å². The third kappa shape index (κ3) is 1.21. The van der Waals surface area contributed by atoms with E-state index < -0.39 is 11.9 Å². The number of hydrogen-bond donors (Lipinski definition) is 2. The van der Waals surface area contributed by atoms with Crippen LogP contribution in [0.15, 0.2) is 36.4 Å². The van der Waals surface area contributed by atoms with Crippen molar-refractivity contribution in [2.24, 2.45) is 11.8 Å². The number of fused-ring (bicyclic) bond motifs is 3. The Labute approximate surface area is 115 Å². The molecule has 0 unspecified atom stereocenters. The van der Waals surface area contributed by atoms with Crippen LogP contribution >= 0.6 is 0 Å². The average Bonchev–Trinajstić information content (AvgIpc) is 3.05. The van der Waals surface area contributed by atoms with Crippen LogP contribution in [0.1, 0.15) is 43.7 Å². The van der Waals surface area contributed by atoms with Crippen molar-refractivity contribution in [3.8, 4) is 0 Å². The number of carbonyl (C=O) groups is 2. The zero-order valence-corrected chi connectivity index (χ0v) is 10.5. The van der Waals surface area contributed by atoms with Gasteiger partial charge in [0.15, 0.2) is 0 Å². The molecule has 4 nitrogen and oxygen atoms in total. The highest BCUT2D eigenvalue weighted by Gasteiger charge is 2.49. The molecule has 4 rings (SSSR count). The molecule has 0 fully saturated rings. The van der Waals surface area contributed by atoms with Gasteiger partial charge in [-0.1, -0.05) is 30.4 Å². The third-order valence-electron chi connectivity index (χ3n) is 4.77. The van der Waals surface area contributed by atoms with E-state index >= 15 is 0 Å². The molecule has 0 heterocycles. The van der Waals surface area contributed by atoms with Crippen molar-refractivity contribution in [2.45, 2.75) is 11.8 Å². The van der Waals surface area contributed by atoms with Crippen LogP contribution in [-0.2, 0) is 0 Å². The van der Waals surface area contributed by atoms with Crippen LogP contribution in [0.5, 0.6) is 0 Å².